The van der Waals surface area contributed by atoms with Crippen molar-refractivity contribution < 1.29 is 27.5 Å². The summed E-state index contributed by atoms with van der Waals surface area (Å²) in [6.07, 6.45) is -4.56. The first kappa shape index (κ1) is 15.7. The maximum Gasteiger partial charge on any atom is 0.471 e. The molecule has 0 unspecified atom stereocenters. The first-order valence-corrected chi connectivity index (χ1v) is 5.01. The molecule has 0 heterocycles. The Morgan fingerprint density at radius 3 is 2.35 bits per heavy atom. The molecule has 0 aliphatic heterocycles. The van der Waals surface area contributed by atoms with Crippen LogP contribution in [0.2, 0.25) is 0 Å². The number of carbonyl (C=O) groups excluding carboxylic acids is 2. The number of hydrogen-bond donors (Lipinski definition) is 2. The van der Waals surface area contributed by atoms with Crippen molar-refractivity contribution in [3.05, 3.63) is 0 Å². The topological polar surface area (TPSA) is 67.4 Å². The van der Waals surface area contributed by atoms with Gasteiger partial charge in [0.1, 0.15) is 0 Å². The van der Waals surface area contributed by atoms with Crippen molar-refractivity contribution >= 4 is 11.9 Å². The van der Waals surface area contributed by atoms with Gasteiger partial charge in [0.2, 0.25) is 0 Å². The number of alkyl halides is 3. The molecule has 3 amide bonds. The molecule has 0 bridgehead atoms. The van der Waals surface area contributed by atoms with Gasteiger partial charge in [-0.3, -0.25) is 10.1 Å². The summed E-state index contributed by atoms with van der Waals surface area (Å²) in [5, 5.41) is 3.27. The molecule has 0 aromatic heterocycles. The van der Waals surface area contributed by atoms with Crippen LogP contribution in [0, 0.1) is 0 Å². The van der Waals surface area contributed by atoms with E-state index in [4.69, 9.17) is 4.74 Å². The van der Waals surface area contributed by atoms with Crippen LogP contribution in [0.4, 0.5) is 18.0 Å². The van der Waals surface area contributed by atoms with Crippen LogP contribution in [-0.4, -0.2) is 37.4 Å². The van der Waals surface area contributed by atoms with Crippen LogP contribution in [-0.2, 0) is 9.53 Å². The highest BCUT2D eigenvalue weighted by Gasteiger charge is 2.39. The van der Waals surface area contributed by atoms with Gasteiger partial charge in [-0.2, -0.15) is 13.2 Å². The average molecular weight is 256 g/mol. The fourth-order valence-electron chi connectivity index (χ4n) is 0.811. The zero-order valence-electron chi connectivity index (χ0n) is 9.56. The molecule has 0 atom stereocenters. The smallest absolute Gasteiger partial charge is 0.379 e. The van der Waals surface area contributed by atoms with E-state index in [2.05, 4.69) is 5.32 Å². The van der Waals surface area contributed by atoms with Crippen molar-refractivity contribution in [2.75, 3.05) is 13.2 Å². The molecule has 0 rings (SSSR count). The Hall–Kier alpha value is -1.31. The van der Waals surface area contributed by atoms with E-state index < -0.39 is 18.1 Å². The van der Waals surface area contributed by atoms with E-state index in [0.29, 0.717) is 13.0 Å². The quantitative estimate of drug-likeness (QED) is 0.726. The lowest BCUT2D eigenvalue weighted by Crippen LogP contribution is -2.46. The summed E-state index contributed by atoms with van der Waals surface area (Å²) < 4.78 is 40.3. The van der Waals surface area contributed by atoms with Crippen molar-refractivity contribution in [3.8, 4) is 0 Å². The average Bonchev–Trinajstić information content (AvgIpc) is 2.15. The minimum absolute atomic E-state index is 0.0515. The summed E-state index contributed by atoms with van der Waals surface area (Å²) in [7, 11) is 0. The predicted octanol–water partition coefficient (Wildman–Crippen LogP) is 1.19. The molecular weight excluding hydrogens is 241 g/mol. The molecule has 0 aromatic rings. The largest absolute Gasteiger partial charge is 0.471 e. The van der Waals surface area contributed by atoms with Crippen LogP contribution < -0.4 is 10.6 Å². The number of halogens is 3. The maximum absolute atomic E-state index is 11.7. The minimum Gasteiger partial charge on any atom is -0.379 e. The zero-order valence-corrected chi connectivity index (χ0v) is 9.56. The number of carbonyl (C=O) groups is 2. The van der Waals surface area contributed by atoms with Gasteiger partial charge in [0.05, 0.1) is 6.10 Å². The summed E-state index contributed by atoms with van der Waals surface area (Å²) in [5.41, 5.74) is 0. The van der Waals surface area contributed by atoms with E-state index in [9.17, 15) is 22.8 Å². The fraction of sp³-hybridized carbons (Fsp3) is 0.778. The van der Waals surface area contributed by atoms with E-state index in [0.717, 1.165) is 5.32 Å². The van der Waals surface area contributed by atoms with Crippen LogP contribution >= 0.6 is 0 Å². The molecule has 0 radical (unpaired) electrons. The third-order valence-electron chi connectivity index (χ3n) is 1.54. The third kappa shape index (κ3) is 8.49. The number of nitrogens with one attached hydrogen (secondary N) is 2. The first-order valence-electron chi connectivity index (χ1n) is 5.01. The molecule has 0 aliphatic carbocycles. The van der Waals surface area contributed by atoms with Gasteiger partial charge in [0.15, 0.2) is 0 Å². The molecule has 8 heteroatoms. The molecule has 100 valence electrons. The van der Waals surface area contributed by atoms with Crippen molar-refractivity contribution in [1.29, 1.82) is 0 Å². The molecule has 0 fully saturated rings. The number of imide groups is 1. The lowest BCUT2D eigenvalue weighted by Gasteiger charge is -2.09. The van der Waals surface area contributed by atoms with E-state index in [1.807, 2.05) is 13.8 Å². The molecule has 17 heavy (non-hydrogen) atoms. The van der Waals surface area contributed by atoms with Gasteiger partial charge in [-0.1, -0.05) is 0 Å². The predicted molar refractivity (Wildman–Crippen MR) is 53.3 cm³/mol. The summed E-state index contributed by atoms with van der Waals surface area (Å²) in [6, 6.07) is -1.17. The standard InChI is InChI=1S/C9H15F3N2O3/c1-6(2)17-5-3-4-13-8(16)14-7(15)9(10,11)12/h6H,3-5H2,1-2H3,(H2,13,14,15,16). The fourth-order valence-corrected chi connectivity index (χ4v) is 0.811. The second-order valence-electron chi connectivity index (χ2n) is 3.48. The van der Waals surface area contributed by atoms with Gasteiger partial charge in [-0.05, 0) is 20.3 Å². The summed E-state index contributed by atoms with van der Waals surface area (Å²) in [5.74, 6) is -2.28. The molecule has 5 nitrogen and oxygen atoms in total. The van der Waals surface area contributed by atoms with Crippen LogP contribution in [0.5, 0.6) is 0 Å². The number of amides is 3. The third-order valence-corrected chi connectivity index (χ3v) is 1.54. The number of urea groups is 1. The van der Waals surface area contributed by atoms with Crippen molar-refractivity contribution in [2.45, 2.75) is 32.5 Å². The summed E-state index contributed by atoms with van der Waals surface area (Å²) in [6.45, 7) is 4.18. The van der Waals surface area contributed by atoms with Crippen LogP contribution in [0.15, 0.2) is 0 Å². The van der Waals surface area contributed by atoms with Gasteiger partial charge in [-0.15, -0.1) is 0 Å². The number of rotatable bonds is 5. The van der Waals surface area contributed by atoms with Crippen LogP contribution in [0.25, 0.3) is 0 Å². The molecule has 0 aliphatic rings. The van der Waals surface area contributed by atoms with E-state index in [1.54, 1.807) is 0 Å². The lowest BCUT2D eigenvalue weighted by molar-refractivity contribution is -0.172. The Morgan fingerprint density at radius 2 is 1.88 bits per heavy atom. The molecule has 0 saturated carbocycles. The zero-order chi connectivity index (χ0) is 13.5. The van der Waals surface area contributed by atoms with Gasteiger partial charge in [-0.25, -0.2) is 4.79 Å². The molecular formula is C9H15F3N2O3. The number of hydrogen-bond acceptors (Lipinski definition) is 3. The number of ether oxygens (including phenoxy) is 1. The van der Waals surface area contributed by atoms with E-state index in [-0.39, 0.29) is 12.6 Å². The van der Waals surface area contributed by atoms with Crippen molar-refractivity contribution in [1.82, 2.24) is 10.6 Å². The van der Waals surface area contributed by atoms with Gasteiger partial charge < -0.3 is 10.1 Å². The molecule has 0 spiro atoms. The van der Waals surface area contributed by atoms with Gasteiger partial charge in [0, 0.05) is 13.2 Å². The highest BCUT2D eigenvalue weighted by molar-refractivity contribution is 5.96. The Kier molecular flexibility index (Phi) is 6.55. The molecule has 0 saturated heterocycles. The monoisotopic (exact) mass is 256 g/mol. The van der Waals surface area contributed by atoms with E-state index in [1.165, 1.54) is 0 Å². The molecule has 0 aromatic carbocycles. The lowest BCUT2D eigenvalue weighted by atomic mass is 10.4. The van der Waals surface area contributed by atoms with E-state index >= 15 is 0 Å². The minimum atomic E-state index is -5.06. The highest BCUT2D eigenvalue weighted by Crippen LogP contribution is 2.13. The highest BCUT2D eigenvalue weighted by atomic mass is 19.4. The second-order valence-corrected chi connectivity index (χ2v) is 3.48. The normalized spacial score (nSPS) is 11.4. The Bertz CT molecular complexity index is 267. The summed E-state index contributed by atoms with van der Waals surface area (Å²) in [4.78, 5) is 21.1. The maximum atomic E-state index is 11.7. The van der Waals surface area contributed by atoms with Gasteiger partial charge in [0.25, 0.3) is 0 Å². The SMILES string of the molecule is CC(C)OCCCNC(=O)NC(=O)C(F)(F)F. The Labute approximate surface area is 96.7 Å². The van der Waals surface area contributed by atoms with Crippen molar-refractivity contribution in [2.24, 2.45) is 0 Å². The molecule has 2 N–H and O–H groups in total. The van der Waals surface area contributed by atoms with Crippen LogP contribution in [0.3, 0.4) is 0 Å². The summed E-state index contributed by atoms with van der Waals surface area (Å²) >= 11 is 0. The Balaban J connectivity index is 3.64. The van der Waals surface area contributed by atoms with Gasteiger partial charge >= 0.3 is 18.1 Å². The van der Waals surface area contributed by atoms with Crippen molar-refractivity contribution in [3.63, 3.8) is 0 Å². The first-order chi connectivity index (χ1) is 7.73. The Morgan fingerprint density at radius 1 is 1.29 bits per heavy atom. The van der Waals surface area contributed by atoms with Crippen LogP contribution in [0.1, 0.15) is 20.3 Å². The second kappa shape index (κ2) is 7.10.